The molecule has 0 atom stereocenters. The molecule has 0 unspecified atom stereocenters. The van der Waals surface area contributed by atoms with E-state index in [2.05, 4.69) is 35.4 Å². The fraction of sp³-hybridized carbons (Fsp3) is 0.308. The minimum Gasteiger partial charge on any atom is -0.326 e. The zero-order valence-electron chi connectivity index (χ0n) is 9.97. The fourth-order valence-electron chi connectivity index (χ4n) is 1.64. The smallest absolute Gasteiger partial charge is 0.0492 e. The summed E-state index contributed by atoms with van der Waals surface area (Å²) in [4.78, 5) is 1.30. The zero-order valence-corrected chi connectivity index (χ0v) is 10.8. The number of benzene rings is 1. The molecule has 2 rings (SSSR count). The quantitative estimate of drug-likeness (QED) is 0.824. The first-order valence-corrected chi connectivity index (χ1v) is 6.67. The molecule has 17 heavy (non-hydrogen) atoms. The summed E-state index contributed by atoms with van der Waals surface area (Å²) in [5.41, 5.74) is 8.02. The van der Waals surface area contributed by atoms with Crippen molar-refractivity contribution in [1.82, 2.24) is 9.78 Å². The lowest BCUT2D eigenvalue weighted by Crippen LogP contribution is -1.99. The van der Waals surface area contributed by atoms with E-state index in [1.54, 1.807) is 0 Å². The molecule has 1 aromatic carbocycles. The first-order chi connectivity index (χ1) is 8.29. The van der Waals surface area contributed by atoms with Crippen molar-refractivity contribution < 1.29 is 0 Å². The molecular formula is C13H17N3S. The molecule has 90 valence electrons. The van der Waals surface area contributed by atoms with Gasteiger partial charge in [0.05, 0.1) is 0 Å². The summed E-state index contributed by atoms with van der Waals surface area (Å²) in [5, 5.41) is 4.16. The van der Waals surface area contributed by atoms with Crippen molar-refractivity contribution in [3.63, 3.8) is 0 Å². The molecule has 0 aliphatic heterocycles. The van der Waals surface area contributed by atoms with Gasteiger partial charge in [-0.3, -0.25) is 4.68 Å². The summed E-state index contributed by atoms with van der Waals surface area (Å²) < 4.78 is 1.93. The number of rotatable bonds is 5. The van der Waals surface area contributed by atoms with E-state index in [9.17, 15) is 0 Å². The molecule has 0 spiro atoms. The van der Waals surface area contributed by atoms with Crippen LogP contribution in [0, 0.1) is 0 Å². The van der Waals surface area contributed by atoms with Crippen molar-refractivity contribution in [2.24, 2.45) is 12.8 Å². The summed E-state index contributed by atoms with van der Waals surface area (Å²) in [6.45, 7) is 0.611. The number of aromatic nitrogens is 2. The average molecular weight is 247 g/mol. The van der Waals surface area contributed by atoms with Crippen LogP contribution in [0.4, 0.5) is 0 Å². The van der Waals surface area contributed by atoms with Gasteiger partial charge in [0.2, 0.25) is 0 Å². The highest BCUT2D eigenvalue weighted by atomic mass is 32.2. The molecule has 4 heteroatoms. The average Bonchev–Trinajstić information content (AvgIpc) is 2.76. The Balaban J connectivity index is 1.83. The summed E-state index contributed by atoms with van der Waals surface area (Å²) in [7, 11) is 1.98. The van der Waals surface area contributed by atoms with E-state index < -0.39 is 0 Å². The Labute approximate surface area is 106 Å². The first kappa shape index (κ1) is 12.2. The summed E-state index contributed by atoms with van der Waals surface area (Å²) >= 11 is 1.86. The summed E-state index contributed by atoms with van der Waals surface area (Å²) in [6, 6.07) is 10.5. The van der Waals surface area contributed by atoms with Crippen LogP contribution in [0.15, 0.2) is 41.4 Å². The number of hydrogen-bond donors (Lipinski definition) is 1. The van der Waals surface area contributed by atoms with Gasteiger partial charge in [0.1, 0.15) is 0 Å². The Kier molecular flexibility index (Phi) is 4.23. The third-order valence-corrected chi connectivity index (χ3v) is 3.72. The van der Waals surface area contributed by atoms with Gasteiger partial charge in [-0.2, -0.15) is 5.10 Å². The van der Waals surface area contributed by atoms with Crippen LogP contribution in [0.2, 0.25) is 0 Å². The molecule has 0 radical (unpaired) electrons. The molecule has 0 saturated heterocycles. The second-order valence-corrected chi connectivity index (χ2v) is 5.06. The molecule has 0 saturated carbocycles. The lowest BCUT2D eigenvalue weighted by molar-refractivity contribution is 0.720. The van der Waals surface area contributed by atoms with E-state index in [0.717, 1.165) is 12.2 Å². The molecule has 1 aromatic heterocycles. The van der Waals surface area contributed by atoms with Crippen molar-refractivity contribution in [2.45, 2.75) is 17.9 Å². The lowest BCUT2D eigenvalue weighted by Gasteiger charge is -2.03. The van der Waals surface area contributed by atoms with E-state index >= 15 is 0 Å². The van der Waals surface area contributed by atoms with E-state index in [1.165, 1.54) is 16.2 Å². The topological polar surface area (TPSA) is 43.8 Å². The van der Waals surface area contributed by atoms with E-state index in [-0.39, 0.29) is 0 Å². The lowest BCUT2D eigenvalue weighted by atomic mass is 10.2. The van der Waals surface area contributed by atoms with Crippen LogP contribution in [0.25, 0.3) is 0 Å². The predicted octanol–water partition coefficient (Wildman–Crippen LogP) is 2.21. The number of thioether (sulfide) groups is 1. The van der Waals surface area contributed by atoms with Crippen LogP contribution < -0.4 is 5.73 Å². The van der Waals surface area contributed by atoms with Crippen molar-refractivity contribution in [1.29, 1.82) is 0 Å². The maximum absolute atomic E-state index is 5.56. The third kappa shape index (κ3) is 3.35. The van der Waals surface area contributed by atoms with Gasteiger partial charge in [0, 0.05) is 36.1 Å². The SMILES string of the molecule is Cn1nccc1CCSc1ccc(CN)cc1. The Hall–Kier alpha value is -1.26. The molecule has 2 N–H and O–H groups in total. The van der Waals surface area contributed by atoms with Crippen LogP contribution >= 0.6 is 11.8 Å². The predicted molar refractivity (Wildman–Crippen MR) is 72.0 cm³/mol. The highest BCUT2D eigenvalue weighted by Crippen LogP contribution is 2.19. The fourth-order valence-corrected chi connectivity index (χ4v) is 2.52. The van der Waals surface area contributed by atoms with E-state index in [0.29, 0.717) is 6.54 Å². The van der Waals surface area contributed by atoms with Gasteiger partial charge in [-0.1, -0.05) is 12.1 Å². The monoisotopic (exact) mass is 247 g/mol. The Morgan fingerprint density at radius 1 is 1.24 bits per heavy atom. The second-order valence-electron chi connectivity index (χ2n) is 3.89. The van der Waals surface area contributed by atoms with E-state index in [4.69, 9.17) is 5.73 Å². The molecule has 0 aliphatic rings. The molecule has 2 aromatic rings. The standard InChI is InChI=1S/C13H17N3S/c1-16-12(6-8-15-16)7-9-17-13-4-2-11(10-14)3-5-13/h2-6,8H,7,9-10,14H2,1H3. The zero-order chi connectivity index (χ0) is 12.1. The van der Waals surface area contributed by atoms with Crippen LogP contribution in [0.1, 0.15) is 11.3 Å². The number of nitrogens with zero attached hydrogens (tertiary/aromatic N) is 2. The molecule has 3 nitrogen and oxygen atoms in total. The van der Waals surface area contributed by atoms with E-state index in [1.807, 2.05) is 29.7 Å². The summed E-state index contributed by atoms with van der Waals surface area (Å²) in [6.07, 6.45) is 2.88. The Morgan fingerprint density at radius 3 is 2.59 bits per heavy atom. The summed E-state index contributed by atoms with van der Waals surface area (Å²) in [5.74, 6) is 1.07. The minimum absolute atomic E-state index is 0.611. The molecule has 0 bridgehead atoms. The van der Waals surface area contributed by atoms with Crippen LogP contribution in [0.5, 0.6) is 0 Å². The first-order valence-electron chi connectivity index (χ1n) is 5.68. The van der Waals surface area contributed by atoms with Gasteiger partial charge >= 0.3 is 0 Å². The van der Waals surface area contributed by atoms with Gasteiger partial charge < -0.3 is 5.73 Å². The van der Waals surface area contributed by atoms with Crippen LogP contribution in [-0.4, -0.2) is 15.5 Å². The maximum atomic E-state index is 5.56. The Morgan fingerprint density at radius 2 is 2.00 bits per heavy atom. The highest BCUT2D eigenvalue weighted by Gasteiger charge is 1.99. The normalized spacial score (nSPS) is 10.7. The number of hydrogen-bond acceptors (Lipinski definition) is 3. The Bertz CT molecular complexity index is 462. The second kappa shape index (κ2) is 5.89. The third-order valence-electron chi connectivity index (χ3n) is 2.71. The molecule has 0 amide bonds. The van der Waals surface area contributed by atoms with Gasteiger partial charge in [0.15, 0.2) is 0 Å². The molecule has 0 fully saturated rings. The minimum atomic E-state index is 0.611. The molecular weight excluding hydrogens is 230 g/mol. The number of nitrogens with two attached hydrogens (primary N) is 1. The molecule has 1 heterocycles. The van der Waals surface area contributed by atoms with Gasteiger partial charge in [-0.15, -0.1) is 11.8 Å². The van der Waals surface area contributed by atoms with Gasteiger partial charge in [-0.25, -0.2) is 0 Å². The molecule has 0 aliphatic carbocycles. The highest BCUT2D eigenvalue weighted by molar-refractivity contribution is 7.99. The van der Waals surface area contributed by atoms with Crippen molar-refractivity contribution in [3.05, 3.63) is 47.8 Å². The van der Waals surface area contributed by atoms with Gasteiger partial charge in [-0.05, 0) is 30.2 Å². The van der Waals surface area contributed by atoms with Crippen molar-refractivity contribution in [2.75, 3.05) is 5.75 Å². The largest absolute Gasteiger partial charge is 0.326 e. The maximum Gasteiger partial charge on any atom is 0.0492 e. The van der Waals surface area contributed by atoms with Crippen molar-refractivity contribution in [3.8, 4) is 0 Å². The van der Waals surface area contributed by atoms with Crippen molar-refractivity contribution >= 4 is 11.8 Å². The number of aryl methyl sites for hydroxylation is 2. The van der Waals surface area contributed by atoms with Gasteiger partial charge in [0.25, 0.3) is 0 Å². The van der Waals surface area contributed by atoms with Crippen LogP contribution in [-0.2, 0) is 20.0 Å². The van der Waals surface area contributed by atoms with Crippen LogP contribution in [0.3, 0.4) is 0 Å².